The predicted molar refractivity (Wildman–Crippen MR) is 249 cm³/mol. The topological polar surface area (TPSA) is 23.8 Å². The Kier molecular flexibility index (Phi) is 9.28. The van der Waals surface area contributed by atoms with Crippen molar-refractivity contribution in [3.8, 4) is 11.1 Å². The molecule has 1 aliphatic heterocycles. The number of nitrogens with zero attached hydrogens (tertiary/aromatic N) is 4. The molecule has 0 unspecified atom stereocenters. The quantitative estimate of drug-likeness (QED) is 0.108. The molecule has 0 atom stereocenters. The van der Waals surface area contributed by atoms with Gasteiger partial charge in [-0.1, -0.05) is 140 Å². The van der Waals surface area contributed by atoms with E-state index in [1.165, 1.54) is 44.4 Å². The first-order valence-corrected chi connectivity index (χ1v) is 20.1. The van der Waals surface area contributed by atoms with Gasteiger partial charge in [0.2, 0.25) is 0 Å². The molecule has 0 bridgehead atoms. The summed E-state index contributed by atoms with van der Waals surface area (Å²) in [7, 11) is 0. The lowest BCUT2D eigenvalue weighted by Crippen LogP contribution is -2.18. The van der Waals surface area contributed by atoms with Gasteiger partial charge >= 0.3 is 0 Å². The van der Waals surface area contributed by atoms with Gasteiger partial charge in [-0.25, -0.2) is 4.99 Å². The lowest BCUT2D eigenvalue weighted by molar-refractivity contribution is 1.09. The van der Waals surface area contributed by atoms with Gasteiger partial charge in [0.15, 0.2) is 0 Å². The van der Waals surface area contributed by atoms with Crippen LogP contribution in [0, 0.1) is 0 Å². The maximum Gasteiger partial charge on any atom is 0.139 e. The highest BCUT2D eigenvalue weighted by molar-refractivity contribution is 6.11. The summed E-state index contributed by atoms with van der Waals surface area (Å²) < 4.78 is 2.28. The van der Waals surface area contributed by atoms with Crippen molar-refractivity contribution in [2.75, 3.05) is 9.80 Å². The van der Waals surface area contributed by atoms with Crippen molar-refractivity contribution in [3.63, 3.8) is 0 Å². The number of allylic oxidation sites excluding steroid dienone is 2. The lowest BCUT2D eigenvalue weighted by Gasteiger charge is -2.33. The van der Waals surface area contributed by atoms with Gasteiger partial charge in [0.05, 0.1) is 11.0 Å². The van der Waals surface area contributed by atoms with Gasteiger partial charge in [-0.15, -0.1) is 0 Å². The zero-order valence-electron chi connectivity index (χ0n) is 32.9. The van der Waals surface area contributed by atoms with Crippen molar-refractivity contribution in [3.05, 3.63) is 241 Å². The van der Waals surface area contributed by atoms with E-state index in [0.717, 1.165) is 57.3 Å². The smallest absolute Gasteiger partial charge is 0.139 e. The van der Waals surface area contributed by atoms with Crippen molar-refractivity contribution in [2.24, 2.45) is 4.99 Å². The van der Waals surface area contributed by atoms with Gasteiger partial charge in [0.1, 0.15) is 5.82 Å². The first-order chi connectivity index (χ1) is 29.1. The van der Waals surface area contributed by atoms with Gasteiger partial charge in [-0.3, -0.25) is 4.90 Å². The van der Waals surface area contributed by atoms with Crippen LogP contribution < -0.4 is 9.80 Å². The summed E-state index contributed by atoms with van der Waals surface area (Å²) in [5, 5.41) is 2.35. The second-order valence-electron chi connectivity index (χ2n) is 15.0. The molecule has 2 heterocycles. The maximum absolute atomic E-state index is 5.36. The average Bonchev–Trinajstić information content (AvgIpc) is 3.63. The van der Waals surface area contributed by atoms with E-state index in [9.17, 15) is 0 Å². The number of hydrogen-bond donors (Lipinski definition) is 0. The molecule has 0 amide bonds. The molecule has 0 aliphatic carbocycles. The lowest BCUT2D eigenvalue weighted by atomic mass is 9.92. The monoisotopic (exact) mass is 758 g/mol. The largest absolute Gasteiger partial charge is 0.310 e. The van der Waals surface area contributed by atoms with Crippen molar-refractivity contribution in [1.82, 2.24) is 4.57 Å². The fourth-order valence-corrected chi connectivity index (χ4v) is 8.50. The van der Waals surface area contributed by atoms with E-state index in [2.05, 4.69) is 215 Å². The van der Waals surface area contributed by atoms with Gasteiger partial charge in [0.25, 0.3) is 0 Å². The van der Waals surface area contributed by atoms with Gasteiger partial charge in [0, 0.05) is 63.1 Å². The van der Waals surface area contributed by atoms with Crippen LogP contribution in [0.25, 0.3) is 38.6 Å². The molecule has 4 heteroatoms. The summed E-state index contributed by atoms with van der Waals surface area (Å²) >= 11 is 0. The van der Waals surface area contributed by atoms with Crippen LogP contribution in [0.1, 0.15) is 23.6 Å². The molecule has 0 fully saturated rings. The fourth-order valence-electron chi connectivity index (χ4n) is 8.50. The van der Waals surface area contributed by atoms with Gasteiger partial charge in [-0.05, 0) is 108 Å². The van der Waals surface area contributed by atoms with E-state index in [4.69, 9.17) is 11.6 Å². The van der Waals surface area contributed by atoms with Crippen LogP contribution in [-0.4, -0.2) is 10.3 Å². The zero-order valence-corrected chi connectivity index (χ0v) is 32.9. The minimum Gasteiger partial charge on any atom is -0.310 e. The van der Waals surface area contributed by atoms with Crippen molar-refractivity contribution in [1.29, 1.82) is 0 Å². The number of hydrogen-bond acceptors (Lipinski definition) is 3. The van der Waals surface area contributed by atoms with Crippen molar-refractivity contribution < 1.29 is 0 Å². The van der Waals surface area contributed by atoms with Crippen LogP contribution in [0.15, 0.2) is 230 Å². The van der Waals surface area contributed by atoms with E-state index in [1.807, 2.05) is 18.2 Å². The van der Waals surface area contributed by atoms with E-state index >= 15 is 0 Å². The van der Waals surface area contributed by atoms with E-state index in [-0.39, 0.29) is 0 Å². The van der Waals surface area contributed by atoms with Crippen molar-refractivity contribution >= 4 is 61.7 Å². The van der Waals surface area contributed by atoms with Gasteiger partial charge < -0.3 is 9.47 Å². The highest BCUT2D eigenvalue weighted by Gasteiger charge is 2.25. The Morgan fingerprint density at radius 3 is 1.83 bits per heavy atom. The summed E-state index contributed by atoms with van der Waals surface area (Å²) in [6.07, 6.45) is 3.00. The molecule has 282 valence electrons. The Labute approximate surface area is 345 Å². The minimum atomic E-state index is 0.761. The molecular formula is C55H42N4. The van der Waals surface area contributed by atoms with E-state index in [0.29, 0.717) is 0 Å². The third-order valence-corrected chi connectivity index (χ3v) is 11.3. The number of para-hydroxylation sites is 5. The first-order valence-electron chi connectivity index (χ1n) is 20.1. The number of aliphatic imine (C=N–C) groups is 1. The first kappa shape index (κ1) is 35.7. The minimum absolute atomic E-state index is 0.761. The second kappa shape index (κ2) is 15.3. The Morgan fingerprint density at radius 2 is 1.10 bits per heavy atom. The van der Waals surface area contributed by atoms with Crippen LogP contribution in [0.2, 0.25) is 0 Å². The molecule has 9 aromatic rings. The normalized spacial score (nSPS) is 12.7. The third-order valence-electron chi connectivity index (χ3n) is 11.3. The number of benzene rings is 8. The molecule has 0 N–H and O–H groups in total. The van der Waals surface area contributed by atoms with E-state index in [1.54, 1.807) is 0 Å². The second-order valence-corrected chi connectivity index (χ2v) is 15.0. The highest BCUT2D eigenvalue weighted by Crippen LogP contribution is 2.45. The van der Waals surface area contributed by atoms with Crippen molar-refractivity contribution in [2.45, 2.75) is 13.3 Å². The summed E-state index contributed by atoms with van der Waals surface area (Å²) in [6.45, 7) is 6.82. The molecule has 10 rings (SSSR count). The Bertz CT molecular complexity index is 2990. The summed E-state index contributed by atoms with van der Waals surface area (Å²) in [5.74, 6) is 0.761. The number of fused-ring (bicyclic) bond motifs is 5. The third kappa shape index (κ3) is 6.71. The number of anilines is 5. The Hall–Kier alpha value is -7.69. The molecule has 0 saturated heterocycles. The van der Waals surface area contributed by atoms with Crippen LogP contribution in [0.3, 0.4) is 0 Å². The van der Waals surface area contributed by atoms with E-state index < -0.39 is 0 Å². The standard InChI is InChI=1S/C55H42N4/c1-39(35-55(56-40(2)41-19-7-3-8-20-41)58(46-22-9-4-10-23-46)47-24-11-5-12-25-47)57-53-30-18-16-28-49(53)50-38-43(32-34-54(50)57)42-31-33-52-45(36-42)37-44-21-15-17-29-51(44)59(52)48-26-13-6-14-27-48/h3-36,38H,1,37H2,2H3/b55-35+,56-40+. The van der Waals surface area contributed by atoms with Crippen LogP contribution >= 0.6 is 0 Å². The molecule has 8 aromatic carbocycles. The molecule has 4 nitrogen and oxygen atoms in total. The zero-order chi connectivity index (χ0) is 39.7. The summed E-state index contributed by atoms with van der Waals surface area (Å²) in [5.41, 5.74) is 15.6. The average molecular weight is 759 g/mol. The SMILES string of the molecule is C=C(/C=C(\N=C(/C)c1ccccc1)N(c1ccccc1)c1ccccc1)n1c2ccccc2c2cc(-c3ccc4c(c3)Cc3ccccc3N4c3ccccc3)ccc21. The predicted octanol–water partition coefficient (Wildman–Crippen LogP) is 14.5. The molecule has 0 saturated carbocycles. The molecular weight excluding hydrogens is 717 g/mol. The number of rotatable bonds is 9. The molecule has 1 aromatic heterocycles. The number of aromatic nitrogens is 1. The van der Waals surface area contributed by atoms with Crippen LogP contribution in [0.4, 0.5) is 28.4 Å². The summed E-state index contributed by atoms with van der Waals surface area (Å²) in [6, 6.07) is 73.0. The fraction of sp³-hybridized carbons (Fsp3) is 0.0364. The molecule has 59 heavy (non-hydrogen) atoms. The Morgan fingerprint density at radius 1 is 0.542 bits per heavy atom. The summed E-state index contributed by atoms with van der Waals surface area (Å²) in [4.78, 5) is 9.96. The molecule has 0 spiro atoms. The molecule has 1 aliphatic rings. The molecule has 0 radical (unpaired) electrons. The van der Waals surface area contributed by atoms with Crippen LogP contribution in [-0.2, 0) is 6.42 Å². The van der Waals surface area contributed by atoms with Crippen LogP contribution in [0.5, 0.6) is 0 Å². The highest BCUT2D eigenvalue weighted by atomic mass is 15.2. The Balaban J connectivity index is 1.09. The maximum atomic E-state index is 5.36. The van der Waals surface area contributed by atoms with Gasteiger partial charge in [-0.2, -0.15) is 0 Å².